The average molecular weight is 329 g/mol. The van der Waals surface area contributed by atoms with Gasteiger partial charge in [0.1, 0.15) is 17.1 Å². The Morgan fingerprint density at radius 3 is 2.46 bits per heavy atom. The van der Waals surface area contributed by atoms with Gasteiger partial charge in [-0.25, -0.2) is 4.79 Å². The molecular weight excluding hydrogens is 306 g/mol. The molecule has 0 aliphatic heterocycles. The molecule has 24 heavy (non-hydrogen) atoms. The Hall–Kier alpha value is -2.56. The van der Waals surface area contributed by atoms with Crippen molar-refractivity contribution >= 4 is 11.9 Å². The largest absolute Gasteiger partial charge is 0.478 e. The molecule has 0 aliphatic carbocycles. The van der Waals surface area contributed by atoms with Crippen LogP contribution in [0.4, 0.5) is 0 Å². The molecule has 2 rings (SSSR count). The van der Waals surface area contributed by atoms with Gasteiger partial charge in [0.15, 0.2) is 0 Å². The first-order chi connectivity index (χ1) is 11.4. The number of aryl methyl sites for hydroxylation is 1. The molecule has 5 nitrogen and oxygen atoms in total. The van der Waals surface area contributed by atoms with Crippen molar-refractivity contribution in [2.75, 3.05) is 7.05 Å². The van der Waals surface area contributed by atoms with E-state index in [1.54, 1.807) is 18.9 Å². The molecule has 1 heterocycles. The van der Waals surface area contributed by atoms with Crippen molar-refractivity contribution in [1.82, 2.24) is 4.90 Å². The summed E-state index contributed by atoms with van der Waals surface area (Å²) in [4.78, 5) is 25.1. The summed E-state index contributed by atoms with van der Waals surface area (Å²) in [7, 11) is 1.71. The maximum absolute atomic E-state index is 12.5. The first-order valence-corrected chi connectivity index (χ1v) is 8.03. The summed E-state index contributed by atoms with van der Waals surface area (Å²) in [6.07, 6.45) is 1.30. The van der Waals surface area contributed by atoms with E-state index in [1.165, 1.54) is 6.07 Å². The third-order valence-electron chi connectivity index (χ3n) is 4.20. The molecule has 2 aromatic rings. The monoisotopic (exact) mass is 329 g/mol. The van der Waals surface area contributed by atoms with Crippen molar-refractivity contribution in [2.45, 2.75) is 39.2 Å². The Morgan fingerprint density at radius 2 is 1.92 bits per heavy atom. The van der Waals surface area contributed by atoms with Crippen LogP contribution in [0.15, 0.2) is 40.8 Å². The molecule has 0 radical (unpaired) electrons. The molecule has 0 saturated carbocycles. The summed E-state index contributed by atoms with van der Waals surface area (Å²) in [5.41, 5.74) is 1.30. The molecule has 1 N–H and O–H groups in total. The van der Waals surface area contributed by atoms with Crippen molar-refractivity contribution in [2.24, 2.45) is 0 Å². The van der Waals surface area contributed by atoms with E-state index < -0.39 is 5.97 Å². The number of nitrogens with zero attached hydrogens (tertiary/aromatic N) is 1. The number of carbonyl (C=O) groups is 2. The summed E-state index contributed by atoms with van der Waals surface area (Å²) in [5, 5.41) is 9.06. The van der Waals surface area contributed by atoms with Crippen molar-refractivity contribution < 1.29 is 19.1 Å². The lowest BCUT2D eigenvalue weighted by Gasteiger charge is -2.20. The number of amides is 1. The van der Waals surface area contributed by atoms with Crippen molar-refractivity contribution in [3.63, 3.8) is 0 Å². The Bertz CT molecular complexity index is 705. The van der Waals surface area contributed by atoms with Gasteiger partial charge in [-0.2, -0.15) is 0 Å². The van der Waals surface area contributed by atoms with Gasteiger partial charge in [0.2, 0.25) is 5.91 Å². The molecule has 1 unspecified atom stereocenters. The summed E-state index contributed by atoms with van der Waals surface area (Å²) in [5.74, 6) is -0.000109. The minimum absolute atomic E-state index is 0.0108. The third-order valence-corrected chi connectivity index (χ3v) is 4.20. The number of rotatable bonds is 7. The van der Waals surface area contributed by atoms with Crippen LogP contribution in [0.1, 0.15) is 53.1 Å². The Morgan fingerprint density at radius 1 is 1.25 bits per heavy atom. The fourth-order valence-electron chi connectivity index (χ4n) is 2.75. The van der Waals surface area contributed by atoms with Gasteiger partial charge in [0.25, 0.3) is 0 Å². The zero-order valence-corrected chi connectivity index (χ0v) is 14.3. The maximum Gasteiger partial charge on any atom is 0.339 e. The summed E-state index contributed by atoms with van der Waals surface area (Å²) in [6, 6.07) is 11.5. The van der Waals surface area contributed by atoms with Gasteiger partial charge in [-0.05, 0) is 30.9 Å². The number of hydrogen-bond acceptors (Lipinski definition) is 3. The second-order valence-electron chi connectivity index (χ2n) is 5.96. The first-order valence-electron chi connectivity index (χ1n) is 8.03. The quantitative estimate of drug-likeness (QED) is 0.838. The average Bonchev–Trinajstić information content (AvgIpc) is 2.93. The molecule has 5 heteroatoms. The molecule has 1 atom stereocenters. The van der Waals surface area contributed by atoms with E-state index in [4.69, 9.17) is 9.52 Å². The minimum atomic E-state index is -1.02. The SMILES string of the molecule is CCC(CC(=O)N(C)Cc1cc(C(=O)O)c(C)o1)c1ccccc1. The standard InChI is InChI=1S/C19H23NO4/c1-4-14(15-8-6-5-7-9-15)10-18(21)20(3)12-16-11-17(19(22)23)13(2)24-16/h5-9,11,14H,4,10,12H2,1-3H3,(H,22,23). The fraction of sp³-hybridized carbons (Fsp3) is 0.368. The van der Waals surface area contributed by atoms with Gasteiger partial charge in [0.05, 0.1) is 6.54 Å². The zero-order chi connectivity index (χ0) is 17.7. The van der Waals surface area contributed by atoms with Crippen LogP contribution in [0.3, 0.4) is 0 Å². The zero-order valence-electron chi connectivity index (χ0n) is 14.3. The molecule has 128 valence electrons. The van der Waals surface area contributed by atoms with Crippen LogP contribution in [0, 0.1) is 6.92 Å². The normalized spacial score (nSPS) is 12.0. The highest BCUT2D eigenvalue weighted by Gasteiger charge is 2.20. The predicted molar refractivity (Wildman–Crippen MR) is 91.0 cm³/mol. The van der Waals surface area contributed by atoms with Gasteiger partial charge < -0.3 is 14.4 Å². The van der Waals surface area contributed by atoms with Gasteiger partial charge in [-0.3, -0.25) is 4.79 Å². The van der Waals surface area contributed by atoms with Crippen molar-refractivity contribution in [1.29, 1.82) is 0 Å². The summed E-state index contributed by atoms with van der Waals surface area (Å²) in [6.45, 7) is 3.94. The number of carbonyl (C=O) groups excluding carboxylic acids is 1. The molecule has 1 amide bonds. The number of aromatic carboxylic acids is 1. The van der Waals surface area contributed by atoms with Gasteiger partial charge >= 0.3 is 5.97 Å². The maximum atomic E-state index is 12.5. The van der Waals surface area contributed by atoms with E-state index in [2.05, 4.69) is 6.92 Å². The highest BCUT2D eigenvalue weighted by atomic mass is 16.4. The topological polar surface area (TPSA) is 70.8 Å². The third kappa shape index (κ3) is 4.25. The van der Waals surface area contributed by atoms with Crippen LogP contribution in [0.5, 0.6) is 0 Å². The van der Waals surface area contributed by atoms with Gasteiger partial charge in [-0.15, -0.1) is 0 Å². The van der Waals surface area contributed by atoms with Crippen LogP contribution in [-0.4, -0.2) is 28.9 Å². The van der Waals surface area contributed by atoms with Crippen LogP contribution in [0.2, 0.25) is 0 Å². The first kappa shape index (κ1) is 17.8. The number of hydrogen-bond donors (Lipinski definition) is 1. The Balaban J connectivity index is 2.01. The molecule has 0 saturated heterocycles. The van der Waals surface area contributed by atoms with Crippen LogP contribution >= 0.6 is 0 Å². The molecule has 1 aromatic heterocycles. The Labute approximate surface area is 141 Å². The van der Waals surface area contributed by atoms with E-state index in [9.17, 15) is 9.59 Å². The number of carboxylic acids is 1. The fourth-order valence-corrected chi connectivity index (χ4v) is 2.75. The molecule has 0 aliphatic rings. The smallest absolute Gasteiger partial charge is 0.339 e. The van der Waals surface area contributed by atoms with E-state index >= 15 is 0 Å². The van der Waals surface area contributed by atoms with Gasteiger partial charge in [-0.1, -0.05) is 37.3 Å². The predicted octanol–water partition coefficient (Wildman–Crippen LogP) is 3.83. The van der Waals surface area contributed by atoms with Crippen LogP contribution < -0.4 is 0 Å². The molecule has 0 fully saturated rings. The lowest BCUT2D eigenvalue weighted by atomic mass is 9.93. The lowest BCUT2D eigenvalue weighted by molar-refractivity contribution is -0.131. The number of benzene rings is 1. The molecule has 0 spiro atoms. The van der Waals surface area contributed by atoms with Crippen molar-refractivity contribution in [3.8, 4) is 0 Å². The number of furan rings is 1. The molecule has 1 aromatic carbocycles. The second-order valence-corrected chi connectivity index (χ2v) is 5.96. The Kier molecular flexibility index (Phi) is 5.79. The van der Waals surface area contributed by atoms with E-state index in [0.29, 0.717) is 17.9 Å². The minimum Gasteiger partial charge on any atom is -0.478 e. The highest BCUT2D eigenvalue weighted by Crippen LogP contribution is 2.24. The van der Waals surface area contributed by atoms with Crippen LogP contribution in [-0.2, 0) is 11.3 Å². The van der Waals surface area contributed by atoms with Crippen LogP contribution in [0.25, 0.3) is 0 Å². The van der Waals surface area contributed by atoms with E-state index in [1.807, 2.05) is 30.3 Å². The second kappa shape index (κ2) is 7.81. The van der Waals surface area contributed by atoms with Gasteiger partial charge in [0, 0.05) is 13.5 Å². The van der Waals surface area contributed by atoms with E-state index in [-0.39, 0.29) is 23.9 Å². The van der Waals surface area contributed by atoms with Crippen molar-refractivity contribution in [3.05, 3.63) is 59.0 Å². The number of carboxylic acid groups (broad SMARTS) is 1. The van der Waals surface area contributed by atoms with E-state index in [0.717, 1.165) is 12.0 Å². The molecular formula is C19H23NO4. The summed E-state index contributed by atoms with van der Waals surface area (Å²) < 4.78 is 5.44. The summed E-state index contributed by atoms with van der Waals surface area (Å²) >= 11 is 0. The molecule has 0 bridgehead atoms. The highest BCUT2D eigenvalue weighted by molar-refractivity contribution is 5.88. The lowest BCUT2D eigenvalue weighted by Crippen LogP contribution is -2.27.